The van der Waals surface area contributed by atoms with Gasteiger partial charge in [0.25, 0.3) is 0 Å². The van der Waals surface area contributed by atoms with E-state index in [4.69, 9.17) is 0 Å². The van der Waals surface area contributed by atoms with Crippen LogP contribution in [0.1, 0.15) is 77.0 Å². The Labute approximate surface area is 216 Å². The highest BCUT2D eigenvalue weighted by atomic mass is 14.1. The molecule has 0 saturated heterocycles. The molecule has 0 radical (unpaired) electrons. The minimum Gasteiger partial charge on any atom is -0.0995 e. The van der Waals surface area contributed by atoms with Crippen molar-refractivity contribution < 1.29 is 0 Å². The number of allylic oxidation sites excluding steroid dienone is 9. The molecule has 186 valence electrons. The molecule has 2 aromatic carbocycles. The van der Waals surface area contributed by atoms with Crippen molar-refractivity contribution in [2.24, 2.45) is 0 Å². The minimum absolute atomic E-state index is 0.973. The third-order valence-corrected chi connectivity index (χ3v) is 5.68. The Morgan fingerprint density at radius 3 is 2.09 bits per heavy atom. The SMILES string of the molecule is C/C=C\C(C)=C/c1ccccc1.C=C(CCC(/C=C\C)=C(\CCC)C(=C)C)Cc1cccc(C)c1. The third kappa shape index (κ3) is 12.8. The summed E-state index contributed by atoms with van der Waals surface area (Å²) in [7, 11) is 0. The fraction of sp³-hybridized carbons (Fsp3) is 0.314. The van der Waals surface area contributed by atoms with E-state index < -0.39 is 0 Å². The first-order valence-corrected chi connectivity index (χ1v) is 12.9. The van der Waals surface area contributed by atoms with Gasteiger partial charge in [-0.2, -0.15) is 0 Å². The Morgan fingerprint density at radius 2 is 1.51 bits per heavy atom. The van der Waals surface area contributed by atoms with E-state index in [9.17, 15) is 0 Å². The van der Waals surface area contributed by atoms with Crippen molar-refractivity contribution in [1.82, 2.24) is 0 Å². The summed E-state index contributed by atoms with van der Waals surface area (Å²) in [6, 6.07) is 19.1. The Balaban J connectivity index is 0.000000427. The van der Waals surface area contributed by atoms with Crippen LogP contribution in [0.5, 0.6) is 0 Å². The van der Waals surface area contributed by atoms with Crippen molar-refractivity contribution in [3.8, 4) is 0 Å². The fourth-order valence-corrected chi connectivity index (χ4v) is 4.07. The maximum Gasteiger partial charge on any atom is -0.00696 e. The van der Waals surface area contributed by atoms with Crippen LogP contribution < -0.4 is 0 Å². The van der Waals surface area contributed by atoms with E-state index in [1.807, 2.05) is 13.0 Å². The van der Waals surface area contributed by atoms with E-state index in [0.29, 0.717) is 0 Å². The lowest BCUT2D eigenvalue weighted by Gasteiger charge is -2.14. The molecule has 0 heterocycles. The second-order valence-electron chi connectivity index (χ2n) is 9.25. The molecule has 0 spiro atoms. The van der Waals surface area contributed by atoms with Crippen LogP contribution in [0.3, 0.4) is 0 Å². The maximum atomic E-state index is 4.29. The van der Waals surface area contributed by atoms with Crippen LogP contribution in [0, 0.1) is 6.92 Å². The molecule has 0 bridgehead atoms. The van der Waals surface area contributed by atoms with Crippen molar-refractivity contribution >= 4 is 6.08 Å². The lowest BCUT2D eigenvalue weighted by molar-refractivity contribution is 0.856. The highest BCUT2D eigenvalue weighted by Gasteiger charge is 2.06. The highest BCUT2D eigenvalue weighted by molar-refractivity contribution is 5.54. The van der Waals surface area contributed by atoms with Gasteiger partial charge in [-0.1, -0.05) is 134 Å². The van der Waals surface area contributed by atoms with Gasteiger partial charge in [-0.25, -0.2) is 0 Å². The van der Waals surface area contributed by atoms with E-state index in [2.05, 4.69) is 127 Å². The van der Waals surface area contributed by atoms with Crippen LogP contribution in [0.25, 0.3) is 6.08 Å². The van der Waals surface area contributed by atoms with Crippen LogP contribution >= 0.6 is 0 Å². The van der Waals surface area contributed by atoms with Gasteiger partial charge in [-0.05, 0) is 82.6 Å². The van der Waals surface area contributed by atoms with Gasteiger partial charge in [0.15, 0.2) is 0 Å². The largest absolute Gasteiger partial charge is 0.0995 e. The molecule has 0 aromatic heterocycles. The first-order valence-electron chi connectivity index (χ1n) is 12.9. The van der Waals surface area contributed by atoms with Crippen molar-refractivity contribution in [3.63, 3.8) is 0 Å². The molecule has 0 nitrogen and oxygen atoms in total. The summed E-state index contributed by atoms with van der Waals surface area (Å²) < 4.78 is 0. The summed E-state index contributed by atoms with van der Waals surface area (Å²) in [5.74, 6) is 0. The smallest absolute Gasteiger partial charge is 0.00696 e. The van der Waals surface area contributed by atoms with Gasteiger partial charge < -0.3 is 0 Å². The Hall–Kier alpha value is -3.12. The van der Waals surface area contributed by atoms with Crippen molar-refractivity contribution in [1.29, 1.82) is 0 Å². The summed E-state index contributed by atoms with van der Waals surface area (Å²) in [5.41, 5.74) is 10.6. The predicted octanol–water partition coefficient (Wildman–Crippen LogP) is 10.8. The van der Waals surface area contributed by atoms with E-state index in [0.717, 1.165) is 32.1 Å². The van der Waals surface area contributed by atoms with Gasteiger partial charge in [0.1, 0.15) is 0 Å². The van der Waals surface area contributed by atoms with Crippen LogP contribution in [-0.2, 0) is 6.42 Å². The van der Waals surface area contributed by atoms with E-state index in [-0.39, 0.29) is 0 Å². The zero-order valence-corrected chi connectivity index (χ0v) is 23.0. The molecule has 0 heteroatoms. The molecule has 0 atom stereocenters. The first kappa shape index (κ1) is 29.9. The number of hydrogen-bond donors (Lipinski definition) is 0. The molecule has 0 unspecified atom stereocenters. The fourth-order valence-electron chi connectivity index (χ4n) is 4.07. The Kier molecular flexibility index (Phi) is 14.8. The van der Waals surface area contributed by atoms with Crippen LogP contribution in [0.15, 0.2) is 120 Å². The number of benzene rings is 2. The van der Waals surface area contributed by atoms with Crippen molar-refractivity contribution in [3.05, 3.63) is 137 Å². The zero-order valence-electron chi connectivity index (χ0n) is 23.0. The Morgan fingerprint density at radius 1 is 0.829 bits per heavy atom. The van der Waals surface area contributed by atoms with Crippen molar-refractivity contribution in [2.45, 2.75) is 73.6 Å². The monoisotopic (exact) mass is 466 g/mol. The quantitative estimate of drug-likeness (QED) is 0.228. The molecule has 2 aromatic rings. The Bertz CT molecular complexity index is 1040. The summed E-state index contributed by atoms with van der Waals surface area (Å²) in [5, 5.41) is 0. The molecule has 0 fully saturated rings. The summed E-state index contributed by atoms with van der Waals surface area (Å²) in [6.07, 6.45) is 16.0. The van der Waals surface area contributed by atoms with Crippen LogP contribution in [0.4, 0.5) is 0 Å². The molecule has 2 rings (SSSR count). The highest BCUT2D eigenvalue weighted by Crippen LogP contribution is 2.25. The van der Waals surface area contributed by atoms with Gasteiger partial charge >= 0.3 is 0 Å². The molecule has 0 aliphatic carbocycles. The van der Waals surface area contributed by atoms with Gasteiger partial charge in [0, 0.05) is 0 Å². The second-order valence-corrected chi connectivity index (χ2v) is 9.25. The molecule has 0 N–H and O–H groups in total. The summed E-state index contributed by atoms with van der Waals surface area (Å²) in [4.78, 5) is 0. The second kappa shape index (κ2) is 17.3. The number of aryl methyl sites for hydroxylation is 1. The predicted molar refractivity (Wildman–Crippen MR) is 160 cm³/mol. The minimum atomic E-state index is 0.973. The van der Waals surface area contributed by atoms with Gasteiger partial charge in [-0.3, -0.25) is 0 Å². The van der Waals surface area contributed by atoms with Gasteiger partial charge in [0.2, 0.25) is 0 Å². The molecular formula is C35H46. The summed E-state index contributed by atoms with van der Waals surface area (Å²) in [6.45, 7) is 21.2. The topological polar surface area (TPSA) is 0 Å². The lowest BCUT2D eigenvalue weighted by Crippen LogP contribution is -1.95. The van der Waals surface area contributed by atoms with Gasteiger partial charge in [0.05, 0.1) is 0 Å². The first-order chi connectivity index (χ1) is 16.8. The maximum absolute atomic E-state index is 4.29. The van der Waals surface area contributed by atoms with Crippen LogP contribution in [0.2, 0.25) is 0 Å². The lowest BCUT2D eigenvalue weighted by atomic mass is 9.92. The third-order valence-electron chi connectivity index (χ3n) is 5.68. The van der Waals surface area contributed by atoms with E-state index >= 15 is 0 Å². The van der Waals surface area contributed by atoms with E-state index in [1.165, 1.54) is 44.6 Å². The normalized spacial score (nSPS) is 12.3. The van der Waals surface area contributed by atoms with Crippen molar-refractivity contribution in [2.75, 3.05) is 0 Å². The zero-order chi connectivity index (χ0) is 26.1. The van der Waals surface area contributed by atoms with Crippen LogP contribution in [-0.4, -0.2) is 0 Å². The average molecular weight is 467 g/mol. The molecule has 0 saturated carbocycles. The molecule has 0 aliphatic heterocycles. The molecule has 0 aliphatic rings. The molecule has 35 heavy (non-hydrogen) atoms. The van der Waals surface area contributed by atoms with E-state index in [1.54, 1.807) is 0 Å². The number of hydrogen-bond acceptors (Lipinski definition) is 0. The van der Waals surface area contributed by atoms with Gasteiger partial charge in [-0.15, -0.1) is 0 Å². The summed E-state index contributed by atoms with van der Waals surface area (Å²) >= 11 is 0. The number of rotatable bonds is 11. The standard InChI is InChI=1S/C23H32.C12H14/c1-7-10-22(23(11-8-2)18(3)4)15-14-20(6)17-21-13-9-12-19(5)16-21;1-3-7-11(2)10-12-8-5-4-6-9-12/h7,9-10,12-13,16H,3,6,8,11,14-15,17H2,1-2,4-5H3;3-10H,1-2H3/b10-7-,23-22+;7-3-,11-10-. The molecule has 0 amide bonds. The average Bonchev–Trinajstić information content (AvgIpc) is 2.81. The molecular weight excluding hydrogens is 420 g/mol.